The normalized spacial score (nSPS) is 11.9. The van der Waals surface area contributed by atoms with E-state index in [1.54, 1.807) is 12.1 Å². The number of sulfonamides is 1. The van der Waals surface area contributed by atoms with E-state index in [1.165, 1.54) is 7.11 Å². The minimum Gasteiger partial charge on any atom is -0.495 e. The molecule has 0 aliphatic rings. The Kier molecular flexibility index (Phi) is 6.05. The van der Waals surface area contributed by atoms with Gasteiger partial charge in [-0.05, 0) is 55.7 Å². The van der Waals surface area contributed by atoms with Crippen LogP contribution in [0.2, 0.25) is 0 Å². The van der Waals surface area contributed by atoms with E-state index in [9.17, 15) is 8.42 Å². The number of rotatable bonds is 8. The van der Waals surface area contributed by atoms with Gasteiger partial charge < -0.3 is 9.30 Å². The zero-order chi connectivity index (χ0) is 20.3. The average Bonchev–Trinajstić information content (AvgIpc) is 3.01. The van der Waals surface area contributed by atoms with Crippen LogP contribution in [0.3, 0.4) is 0 Å². The van der Waals surface area contributed by atoms with Gasteiger partial charge in [-0.1, -0.05) is 19.1 Å². The van der Waals surface area contributed by atoms with E-state index in [2.05, 4.69) is 21.2 Å². The summed E-state index contributed by atoms with van der Waals surface area (Å²) in [7, 11) is -2.20. The van der Waals surface area contributed by atoms with Crippen molar-refractivity contribution in [3.63, 3.8) is 0 Å². The molecule has 1 N–H and O–H groups in total. The van der Waals surface area contributed by atoms with E-state index in [0.717, 1.165) is 41.0 Å². The third-order valence-electron chi connectivity index (χ3n) is 4.89. The van der Waals surface area contributed by atoms with E-state index < -0.39 is 10.0 Å². The highest BCUT2D eigenvalue weighted by molar-refractivity contribution is 7.89. The molecule has 3 aromatic rings. The van der Waals surface area contributed by atoms with E-state index in [4.69, 9.17) is 4.74 Å². The topological polar surface area (TPSA) is 73.2 Å². The highest BCUT2D eigenvalue weighted by atomic mass is 32.2. The number of hydrogen-bond acceptors (Lipinski definition) is 4. The van der Waals surface area contributed by atoms with Crippen LogP contribution in [-0.2, 0) is 23.0 Å². The Bertz CT molecular complexity index is 1090. The lowest BCUT2D eigenvalue weighted by molar-refractivity contribution is 0.402. The summed E-state index contributed by atoms with van der Waals surface area (Å²) in [6, 6.07) is 11.4. The van der Waals surface area contributed by atoms with Gasteiger partial charge in [0.25, 0.3) is 0 Å². The zero-order valence-electron chi connectivity index (χ0n) is 16.8. The van der Waals surface area contributed by atoms with Gasteiger partial charge in [-0.3, -0.25) is 0 Å². The molecule has 150 valence electrons. The van der Waals surface area contributed by atoms with Gasteiger partial charge in [0.1, 0.15) is 16.5 Å². The molecule has 0 aliphatic carbocycles. The van der Waals surface area contributed by atoms with Crippen molar-refractivity contribution < 1.29 is 13.2 Å². The van der Waals surface area contributed by atoms with Crippen LogP contribution in [0.25, 0.3) is 11.0 Å². The highest BCUT2D eigenvalue weighted by Crippen LogP contribution is 2.27. The molecule has 0 saturated carbocycles. The second-order valence-corrected chi connectivity index (χ2v) is 8.64. The molecule has 6 nitrogen and oxygen atoms in total. The maximum absolute atomic E-state index is 12.8. The third kappa shape index (κ3) is 4.05. The summed E-state index contributed by atoms with van der Waals surface area (Å²) in [5.74, 6) is 1.24. The number of aromatic nitrogens is 2. The van der Waals surface area contributed by atoms with Crippen LogP contribution in [0.4, 0.5) is 0 Å². The van der Waals surface area contributed by atoms with Crippen LogP contribution in [0.5, 0.6) is 5.75 Å². The highest BCUT2D eigenvalue weighted by Gasteiger charge is 2.21. The Labute approximate surface area is 166 Å². The first kappa shape index (κ1) is 20.4. The van der Waals surface area contributed by atoms with Gasteiger partial charge in [-0.25, -0.2) is 18.1 Å². The van der Waals surface area contributed by atoms with Crippen molar-refractivity contribution in [2.24, 2.45) is 0 Å². The van der Waals surface area contributed by atoms with Crippen LogP contribution in [-0.4, -0.2) is 31.6 Å². The molecule has 0 amide bonds. The summed E-state index contributed by atoms with van der Waals surface area (Å²) in [4.78, 5) is 4.85. The number of aryl methyl sites for hydroxylation is 3. The molecule has 0 unspecified atom stereocenters. The number of nitrogens with zero attached hydrogens (tertiary/aromatic N) is 2. The molecule has 0 fully saturated rings. The molecule has 3 rings (SSSR count). The Morgan fingerprint density at radius 2 is 1.86 bits per heavy atom. The van der Waals surface area contributed by atoms with Gasteiger partial charge in [0.2, 0.25) is 10.0 Å². The molecule has 0 bridgehead atoms. The van der Waals surface area contributed by atoms with Crippen LogP contribution in [0, 0.1) is 13.8 Å². The van der Waals surface area contributed by atoms with Gasteiger partial charge in [0.15, 0.2) is 0 Å². The van der Waals surface area contributed by atoms with Gasteiger partial charge in [0, 0.05) is 19.5 Å². The molecule has 1 aromatic heterocycles. The molecule has 0 atom stereocenters. The van der Waals surface area contributed by atoms with E-state index in [1.807, 2.05) is 38.1 Å². The van der Waals surface area contributed by atoms with E-state index in [-0.39, 0.29) is 11.4 Å². The number of benzene rings is 2. The lowest BCUT2D eigenvalue weighted by Gasteiger charge is -2.13. The van der Waals surface area contributed by atoms with Crippen molar-refractivity contribution in [3.8, 4) is 5.75 Å². The summed E-state index contributed by atoms with van der Waals surface area (Å²) in [6.45, 7) is 7.06. The predicted molar refractivity (Wildman–Crippen MR) is 111 cm³/mol. The van der Waals surface area contributed by atoms with Crippen LogP contribution >= 0.6 is 0 Å². The Hall–Kier alpha value is -2.38. The number of ether oxygens (including phenoxy) is 1. The Morgan fingerprint density at radius 1 is 1.14 bits per heavy atom. The number of hydrogen-bond donors (Lipinski definition) is 1. The molecule has 0 saturated heterocycles. The Morgan fingerprint density at radius 3 is 2.57 bits per heavy atom. The predicted octanol–water partition coefficient (Wildman–Crippen LogP) is 3.59. The average molecular weight is 402 g/mol. The molecule has 2 aromatic carbocycles. The third-order valence-corrected chi connectivity index (χ3v) is 6.37. The summed E-state index contributed by atoms with van der Waals surface area (Å²) in [6.07, 6.45) is 1.50. The summed E-state index contributed by atoms with van der Waals surface area (Å²) >= 11 is 0. The fourth-order valence-electron chi connectivity index (χ4n) is 3.30. The van der Waals surface area contributed by atoms with Crippen molar-refractivity contribution in [1.82, 2.24) is 14.3 Å². The van der Waals surface area contributed by atoms with Crippen LogP contribution < -0.4 is 9.46 Å². The summed E-state index contributed by atoms with van der Waals surface area (Å²) in [5.41, 5.74) is 3.91. The first-order chi connectivity index (χ1) is 13.4. The summed E-state index contributed by atoms with van der Waals surface area (Å²) in [5, 5.41) is 0. The van der Waals surface area contributed by atoms with Gasteiger partial charge >= 0.3 is 0 Å². The number of nitrogens with one attached hydrogen (secondary N) is 1. The quantitative estimate of drug-likeness (QED) is 0.626. The van der Waals surface area contributed by atoms with Crippen molar-refractivity contribution in [1.29, 1.82) is 0 Å². The fraction of sp³-hybridized carbons (Fsp3) is 0.381. The molecule has 28 heavy (non-hydrogen) atoms. The molecule has 1 heterocycles. The molecule has 0 spiro atoms. The van der Waals surface area contributed by atoms with E-state index >= 15 is 0 Å². The molecular weight excluding hydrogens is 374 g/mol. The van der Waals surface area contributed by atoms with Crippen LogP contribution in [0.15, 0.2) is 41.3 Å². The molecule has 7 heteroatoms. The minimum atomic E-state index is -3.68. The summed E-state index contributed by atoms with van der Waals surface area (Å²) < 4.78 is 35.8. The standard InChI is InChI=1S/C21H27N3O3S/c1-5-12-24-18-9-7-6-8-17(18)23-21(24)10-11-22-28(25,26)20-14-16(3)15(2)13-19(20)27-4/h6-9,13-14,22H,5,10-12H2,1-4H3. The molecular formula is C21H27N3O3S. The lowest BCUT2D eigenvalue weighted by Crippen LogP contribution is -2.27. The molecule has 0 aliphatic heterocycles. The second-order valence-electron chi connectivity index (χ2n) is 6.90. The first-order valence-electron chi connectivity index (χ1n) is 9.46. The number of para-hydroxylation sites is 2. The first-order valence-corrected chi connectivity index (χ1v) is 10.9. The second kappa shape index (κ2) is 8.32. The minimum absolute atomic E-state index is 0.167. The van der Waals surface area contributed by atoms with Crippen molar-refractivity contribution in [2.75, 3.05) is 13.7 Å². The van der Waals surface area contributed by atoms with Crippen molar-refractivity contribution in [2.45, 2.75) is 45.1 Å². The van der Waals surface area contributed by atoms with Crippen molar-refractivity contribution in [3.05, 3.63) is 53.3 Å². The van der Waals surface area contributed by atoms with Gasteiger partial charge in [-0.15, -0.1) is 0 Å². The fourth-order valence-corrected chi connectivity index (χ4v) is 4.56. The number of imidazole rings is 1. The zero-order valence-corrected chi connectivity index (χ0v) is 17.6. The largest absolute Gasteiger partial charge is 0.495 e. The monoisotopic (exact) mass is 401 g/mol. The lowest BCUT2D eigenvalue weighted by atomic mass is 10.1. The SMILES string of the molecule is CCCn1c(CCNS(=O)(=O)c2cc(C)c(C)cc2OC)nc2ccccc21. The molecule has 0 radical (unpaired) electrons. The van der Waals surface area contributed by atoms with Gasteiger partial charge in [-0.2, -0.15) is 0 Å². The number of methoxy groups -OCH3 is 1. The van der Waals surface area contributed by atoms with E-state index in [0.29, 0.717) is 12.2 Å². The maximum atomic E-state index is 12.8. The smallest absolute Gasteiger partial charge is 0.244 e. The van der Waals surface area contributed by atoms with Crippen molar-refractivity contribution >= 4 is 21.1 Å². The van der Waals surface area contributed by atoms with Crippen LogP contribution in [0.1, 0.15) is 30.3 Å². The number of fused-ring (bicyclic) bond motifs is 1. The Balaban J connectivity index is 1.81. The maximum Gasteiger partial charge on any atom is 0.244 e. The van der Waals surface area contributed by atoms with Gasteiger partial charge in [0.05, 0.1) is 18.1 Å².